The van der Waals surface area contributed by atoms with Crippen molar-refractivity contribution in [3.05, 3.63) is 85.1 Å². The van der Waals surface area contributed by atoms with Crippen LogP contribution in [0.4, 0.5) is 0 Å². The van der Waals surface area contributed by atoms with Gasteiger partial charge in [0.15, 0.2) is 18.7 Å². The summed E-state index contributed by atoms with van der Waals surface area (Å²) in [6, 6.07) is 0. The zero-order valence-electron chi connectivity index (χ0n) is 42.2. The second kappa shape index (κ2) is 41.2. The molecule has 70 heavy (non-hydrogen) atoms. The van der Waals surface area contributed by atoms with Gasteiger partial charge in [0.1, 0.15) is 55.4 Å². The highest BCUT2D eigenvalue weighted by Gasteiger charge is 2.47. The lowest BCUT2D eigenvalue weighted by atomic mass is 9.98. The van der Waals surface area contributed by atoms with E-state index in [1.54, 1.807) is 0 Å². The molecular weight excluding hydrogens is 901 g/mol. The summed E-state index contributed by atoms with van der Waals surface area (Å²) >= 11 is 0. The van der Waals surface area contributed by atoms with E-state index in [4.69, 9.17) is 28.4 Å². The number of aliphatic hydroxyl groups is 7. The summed E-state index contributed by atoms with van der Waals surface area (Å²) in [7, 11) is 0. The van der Waals surface area contributed by atoms with Crippen LogP contribution in [0.3, 0.4) is 0 Å². The molecule has 0 amide bonds. The lowest BCUT2D eigenvalue weighted by molar-refractivity contribution is -0.332. The van der Waals surface area contributed by atoms with Crippen molar-refractivity contribution in [3.63, 3.8) is 0 Å². The standard InChI is InChI=1S/C55H90O15/c1-3-5-7-9-11-13-15-17-19-20-21-22-24-26-28-30-32-34-36-38-47(58)68-43(40-65-46(57)37-35-33-31-29-27-25-23-18-16-14-12-10-8-6-4-2)41-66-54-53(64)51(62)49(60)45(70-54)42-67-55-52(63)50(61)48(59)44(39-56)69-55/h5,7,11,13,17-19,21-23,26,28,32,34,43-45,48-56,59-64H,3-4,6,8-10,12,14-16,20,24-25,27,29-31,33,35-42H2,1-2H3/b7-5+,13-11+,19-17+,22-21+,23-18+,28-26+,34-32+/t43-,44+,45+,48-,49-,50?,51?,52?,53?,54+,55+/m1/s1. The quantitative estimate of drug-likeness (QED) is 0.0179. The van der Waals surface area contributed by atoms with Gasteiger partial charge in [-0.3, -0.25) is 9.59 Å². The summed E-state index contributed by atoms with van der Waals surface area (Å²) in [4.78, 5) is 25.7. The normalized spacial score (nSPS) is 26.1. The van der Waals surface area contributed by atoms with E-state index in [0.717, 1.165) is 70.6 Å². The van der Waals surface area contributed by atoms with Crippen LogP contribution >= 0.6 is 0 Å². The van der Waals surface area contributed by atoms with Gasteiger partial charge < -0.3 is 64.2 Å². The fourth-order valence-corrected chi connectivity index (χ4v) is 7.59. The van der Waals surface area contributed by atoms with Gasteiger partial charge in [0.2, 0.25) is 0 Å². The van der Waals surface area contributed by atoms with Crippen molar-refractivity contribution in [2.45, 2.75) is 223 Å². The molecule has 0 aromatic heterocycles. The number of allylic oxidation sites excluding steroid dienone is 14. The minimum atomic E-state index is -1.78. The van der Waals surface area contributed by atoms with E-state index in [2.05, 4.69) is 86.8 Å². The van der Waals surface area contributed by atoms with Crippen LogP contribution in [-0.4, -0.2) is 142 Å². The minimum Gasteiger partial charge on any atom is -0.462 e. The second-order valence-corrected chi connectivity index (χ2v) is 18.0. The van der Waals surface area contributed by atoms with Crippen molar-refractivity contribution in [1.29, 1.82) is 0 Å². The van der Waals surface area contributed by atoms with Crippen molar-refractivity contribution in [2.24, 2.45) is 0 Å². The summed E-state index contributed by atoms with van der Waals surface area (Å²) in [5.41, 5.74) is 0. The molecule has 15 nitrogen and oxygen atoms in total. The summed E-state index contributed by atoms with van der Waals surface area (Å²) in [6.07, 6.45) is 33.4. The third-order valence-corrected chi connectivity index (χ3v) is 11.9. The molecule has 0 saturated carbocycles. The van der Waals surface area contributed by atoms with Crippen LogP contribution in [0.25, 0.3) is 0 Å². The minimum absolute atomic E-state index is 0.0341. The molecule has 2 fully saturated rings. The number of carbonyl (C=O) groups is 2. The number of rotatable bonds is 39. The first kappa shape index (κ1) is 62.8. The molecule has 400 valence electrons. The zero-order chi connectivity index (χ0) is 51.0. The third kappa shape index (κ3) is 28.7. The van der Waals surface area contributed by atoms with Gasteiger partial charge in [0.25, 0.3) is 0 Å². The molecule has 0 radical (unpaired) electrons. The molecule has 2 heterocycles. The zero-order valence-corrected chi connectivity index (χ0v) is 42.2. The van der Waals surface area contributed by atoms with Crippen LogP contribution in [0, 0.1) is 0 Å². The Labute approximate surface area is 418 Å². The number of unbranched alkanes of at least 4 members (excludes halogenated alkanes) is 11. The van der Waals surface area contributed by atoms with Gasteiger partial charge in [-0.15, -0.1) is 0 Å². The predicted molar refractivity (Wildman–Crippen MR) is 270 cm³/mol. The molecule has 2 saturated heterocycles. The van der Waals surface area contributed by atoms with Crippen LogP contribution < -0.4 is 0 Å². The van der Waals surface area contributed by atoms with Crippen LogP contribution in [0.5, 0.6) is 0 Å². The summed E-state index contributed by atoms with van der Waals surface area (Å²) in [6.45, 7) is 2.37. The van der Waals surface area contributed by atoms with Gasteiger partial charge >= 0.3 is 11.9 Å². The van der Waals surface area contributed by atoms with Crippen LogP contribution in [0.15, 0.2) is 85.1 Å². The Hall–Kier alpha value is -3.32. The average Bonchev–Trinajstić information content (AvgIpc) is 3.35. The number of esters is 2. The average molecular weight is 991 g/mol. The van der Waals surface area contributed by atoms with E-state index in [1.807, 2.05) is 12.2 Å². The van der Waals surface area contributed by atoms with Crippen molar-refractivity contribution in [2.75, 3.05) is 26.4 Å². The number of ether oxygens (including phenoxy) is 6. The van der Waals surface area contributed by atoms with Crippen LogP contribution in [0.1, 0.15) is 155 Å². The Kier molecular flexibility index (Phi) is 36.9. The van der Waals surface area contributed by atoms with Gasteiger partial charge in [-0.05, 0) is 77.0 Å². The first-order valence-corrected chi connectivity index (χ1v) is 26.2. The highest BCUT2D eigenvalue weighted by atomic mass is 16.7. The highest BCUT2D eigenvalue weighted by Crippen LogP contribution is 2.26. The molecule has 15 heteroatoms. The first-order chi connectivity index (χ1) is 34.0. The monoisotopic (exact) mass is 991 g/mol. The van der Waals surface area contributed by atoms with Gasteiger partial charge in [-0.1, -0.05) is 150 Å². The van der Waals surface area contributed by atoms with Crippen molar-refractivity contribution >= 4 is 11.9 Å². The smallest absolute Gasteiger partial charge is 0.306 e. The molecule has 7 N–H and O–H groups in total. The SMILES string of the molecule is CC/C=C/C/C=C/C/C=C/C/C=C/C/C=C/C/C=C/CCC(=O)O[C@H](COC(=O)CCCCCCC/C=C/CCCCCCCC)CO[C@H]1O[C@@H](CO[C@H]2O[C@@H](CO)[C@@H](O)C(O)C2O)[C@@H](O)C(O)C1O. The molecule has 0 aliphatic carbocycles. The third-order valence-electron chi connectivity index (χ3n) is 11.9. The van der Waals surface area contributed by atoms with E-state index in [0.29, 0.717) is 19.3 Å². The Balaban J connectivity index is 1.85. The van der Waals surface area contributed by atoms with E-state index in [9.17, 15) is 45.3 Å². The molecule has 0 bridgehead atoms. The Morgan fingerprint density at radius 3 is 1.47 bits per heavy atom. The number of hydrogen-bond acceptors (Lipinski definition) is 15. The van der Waals surface area contributed by atoms with E-state index in [-0.39, 0.29) is 19.4 Å². The molecule has 0 spiro atoms. The van der Waals surface area contributed by atoms with Crippen molar-refractivity contribution in [1.82, 2.24) is 0 Å². The van der Waals surface area contributed by atoms with Gasteiger partial charge in [0, 0.05) is 12.8 Å². The topological polar surface area (TPSA) is 231 Å². The largest absolute Gasteiger partial charge is 0.462 e. The van der Waals surface area contributed by atoms with Gasteiger partial charge in [-0.25, -0.2) is 0 Å². The highest BCUT2D eigenvalue weighted by molar-refractivity contribution is 5.70. The van der Waals surface area contributed by atoms with Gasteiger partial charge in [0.05, 0.1) is 19.8 Å². The molecule has 2 rings (SSSR count). The number of aliphatic hydroxyl groups excluding tert-OH is 7. The fourth-order valence-electron chi connectivity index (χ4n) is 7.59. The molecule has 4 unspecified atom stereocenters. The Bertz CT molecular complexity index is 1540. The van der Waals surface area contributed by atoms with E-state index in [1.165, 1.54) is 38.5 Å². The number of carbonyl (C=O) groups excluding carboxylic acids is 2. The first-order valence-electron chi connectivity index (χ1n) is 26.2. The second-order valence-electron chi connectivity index (χ2n) is 18.0. The lowest BCUT2D eigenvalue weighted by Crippen LogP contribution is -2.61. The maximum Gasteiger partial charge on any atom is 0.306 e. The molecule has 11 atom stereocenters. The molecule has 2 aliphatic heterocycles. The molecule has 2 aliphatic rings. The van der Waals surface area contributed by atoms with Gasteiger partial charge in [-0.2, -0.15) is 0 Å². The Morgan fingerprint density at radius 1 is 0.471 bits per heavy atom. The molecular formula is C55H90O15. The van der Waals surface area contributed by atoms with E-state index < -0.39 is 99.3 Å². The maximum atomic E-state index is 13.0. The van der Waals surface area contributed by atoms with Crippen LogP contribution in [0.2, 0.25) is 0 Å². The summed E-state index contributed by atoms with van der Waals surface area (Å²) < 4.78 is 33.5. The molecule has 0 aromatic rings. The summed E-state index contributed by atoms with van der Waals surface area (Å²) in [5.74, 6) is -1.04. The lowest BCUT2D eigenvalue weighted by Gasteiger charge is -2.42. The van der Waals surface area contributed by atoms with Crippen molar-refractivity contribution in [3.8, 4) is 0 Å². The van der Waals surface area contributed by atoms with Crippen molar-refractivity contribution < 1.29 is 73.8 Å². The molecule has 0 aromatic carbocycles. The van der Waals surface area contributed by atoms with E-state index >= 15 is 0 Å². The van der Waals surface area contributed by atoms with Crippen LogP contribution in [-0.2, 0) is 38.0 Å². The fraction of sp³-hybridized carbons (Fsp3) is 0.709. The maximum absolute atomic E-state index is 13.0. The Morgan fingerprint density at radius 2 is 0.929 bits per heavy atom. The predicted octanol–water partition coefficient (Wildman–Crippen LogP) is 7.60. The summed E-state index contributed by atoms with van der Waals surface area (Å²) in [5, 5.41) is 72.1. The number of hydrogen-bond donors (Lipinski definition) is 7.